The maximum absolute atomic E-state index is 5.74. The van der Waals surface area contributed by atoms with Crippen LogP contribution in [0, 0.1) is 0 Å². The maximum atomic E-state index is 5.74. The van der Waals surface area contributed by atoms with Crippen LogP contribution in [0.4, 0.5) is 0 Å². The Bertz CT molecular complexity index is 294. The van der Waals surface area contributed by atoms with Gasteiger partial charge in [0.05, 0.1) is 0 Å². The number of nitrogens with two attached hydrogens (primary N) is 1. The van der Waals surface area contributed by atoms with E-state index in [4.69, 9.17) is 5.73 Å². The smallest absolute Gasteiger partial charge is 0.191 e. The highest BCUT2D eigenvalue weighted by Crippen LogP contribution is 2.00. The fraction of sp³-hybridized carbons (Fsp3) is 0.400. The van der Waals surface area contributed by atoms with Gasteiger partial charge in [-0.2, -0.15) is 0 Å². The summed E-state index contributed by atoms with van der Waals surface area (Å²) in [7, 11) is 1.93. The molecule has 1 rings (SSSR count). The molecule has 14 heavy (non-hydrogen) atoms. The zero-order chi connectivity index (χ0) is 10.4. The summed E-state index contributed by atoms with van der Waals surface area (Å²) in [5.41, 5.74) is 6.91. The molecule has 0 saturated heterocycles. The van der Waals surface area contributed by atoms with Crippen molar-refractivity contribution in [1.82, 2.24) is 9.88 Å². The molecule has 1 aromatic rings. The number of aliphatic imine (C=N–C) groups is 1. The molecule has 0 aromatic carbocycles. The summed E-state index contributed by atoms with van der Waals surface area (Å²) in [6.45, 7) is 3.44. The van der Waals surface area contributed by atoms with Gasteiger partial charge in [-0.25, -0.2) is 0 Å². The number of guanidine groups is 1. The summed E-state index contributed by atoms with van der Waals surface area (Å²) >= 11 is 0. The third-order valence-corrected chi connectivity index (χ3v) is 1.88. The topological polar surface area (TPSA) is 54.5 Å². The van der Waals surface area contributed by atoms with E-state index in [1.54, 1.807) is 12.4 Å². The van der Waals surface area contributed by atoms with Crippen molar-refractivity contribution in [2.45, 2.75) is 13.5 Å². The first-order valence-corrected chi connectivity index (χ1v) is 4.64. The van der Waals surface area contributed by atoms with Crippen LogP contribution in [-0.4, -0.2) is 29.4 Å². The van der Waals surface area contributed by atoms with Gasteiger partial charge < -0.3 is 10.6 Å². The molecular weight excluding hydrogens is 176 g/mol. The summed E-state index contributed by atoms with van der Waals surface area (Å²) in [6.07, 6.45) is 3.55. The van der Waals surface area contributed by atoms with Crippen molar-refractivity contribution in [2.75, 3.05) is 13.6 Å². The molecule has 0 spiro atoms. The minimum Gasteiger partial charge on any atom is -0.370 e. The van der Waals surface area contributed by atoms with Gasteiger partial charge in [-0.15, -0.1) is 0 Å². The lowest BCUT2D eigenvalue weighted by Gasteiger charge is -2.17. The molecule has 0 atom stereocenters. The van der Waals surface area contributed by atoms with Crippen molar-refractivity contribution in [2.24, 2.45) is 10.7 Å². The molecule has 0 aliphatic heterocycles. The Morgan fingerprint density at radius 2 is 2.14 bits per heavy atom. The number of rotatable bonds is 3. The van der Waals surface area contributed by atoms with Crippen molar-refractivity contribution in [3.8, 4) is 0 Å². The molecular formula is C10H16N4. The predicted molar refractivity (Wildman–Crippen MR) is 57.9 cm³/mol. The molecule has 2 N–H and O–H groups in total. The standard InChI is InChI=1S/C10H16N4/c1-3-13-10(11)14(2)8-9-4-6-12-7-5-9/h4-7H,3,8H2,1-2H3,(H2,11,13). The third-order valence-electron chi connectivity index (χ3n) is 1.88. The van der Waals surface area contributed by atoms with E-state index in [2.05, 4.69) is 9.98 Å². The van der Waals surface area contributed by atoms with Crippen molar-refractivity contribution in [3.05, 3.63) is 30.1 Å². The first kappa shape index (κ1) is 10.5. The predicted octanol–water partition coefficient (Wildman–Crippen LogP) is 0.848. The number of pyridine rings is 1. The Labute approximate surface area is 84.5 Å². The Morgan fingerprint density at radius 3 is 2.71 bits per heavy atom. The zero-order valence-electron chi connectivity index (χ0n) is 8.64. The number of nitrogens with zero attached hydrogens (tertiary/aromatic N) is 3. The molecule has 0 radical (unpaired) electrons. The van der Waals surface area contributed by atoms with Crippen LogP contribution in [-0.2, 0) is 6.54 Å². The van der Waals surface area contributed by atoms with Crippen molar-refractivity contribution in [1.29, 1.82) is 0 Å². The van der Waals surface area contributed by atoms with Crippen LogP contribution < -0.4 is 5.73 Å². The molecule has 1 aromatic heterocycles. The minimum atomic E-state index is 0.573. The average Bonchev–Trinajstić information content (AvgIpc) is 2.19. The van der Waals surface area contributed by atoms with Crippen LogP contribution in [0.25, 0.3) is 0 Å². The van der Waals surface area contributed by atoms with E-state index >= 15 is 0 Å². The first-order valence-electron chi connectivity index (χ1n) is 4.64. The summed E-state index contributed by atoms with van der Waals surface area (Å²) < 4.78 is 0. The van der Waals surface area contributed by atoms with Crippen LogP contribution >= 0.6 is 0 Å². The molecule has 0 bridgehead atoms. The first-order chi connectivity index (χ1) is 6.74. The highest BCUT2D eigenvalue weighted by molar-refractivity contribution is 5.77. The van der Waals surface area contributed by atoms with Gasteiger partial charge in [-0.3, -0.25) is 9.98 Å². The molecule has 0 saturated carbocycles. The molecule has 4 nitrogen and oxygen atoms in total. The van der Waals surface area contributed by atoms with Gasteiger partial charge in [0, 0.05) is 32.5 Å². The van der Waals surface area contributed by atoms with Crippen LogP contribution in [0.1, 0.15) is 12.5 Å². The van der Waals surface area contributed by atoms with Crippen LogP contribution in [0.3, 0.4) is 0 Å². The third kappa shape index (κ3) is 3.05. The van der Waals surface area contributed by atoms with E-state index in [1.807, 2.05) is 31.0 Å². The number of hydrogen-bond donors (Lipinski definition) is 1. The van der Waals surface area contributed by atoms with Gasteiger partial charge in [0.1, 0.15) is 0 Å². The van der Waals surface area contributed by atoms with Gasteiger partial charge in [0.2, 0.25) is 0 Å². The zero-order valence-corrected chi connectivity index (χ0v) is 8.64. The Hall–Kier alpha value is -1.58. The van der Waals surface area contributed by atoms with Gasteiger partial charge in [-0.05, 0) is 24.6 Å². The SMILES string of the molecule is CCN=C(N)N(C)Cc1ccncc1. The van der Waals surface area contributed by atoms with Crippen molar-refractivity contribution in [3.63, 3.8) is 0 Å². The van der Waals surface area contributed by atoms with E-state index in [9.17, 15) is 0 Å². The second-order valence-corrected chi connectivity index (χ2v) is 3.04. The lowest BCUT2D eigenvalue weighted by atomic mass is 10.2. The van der Waals surface area contributed by atoms with Crippen LogP contribution in [0.2, 0.25) is 0 Å². The normalized spacial score (nSPS) is 11.4. The summed E-state index contributed by atoms with van der Waals surface area (Å²) in [4.78, 5) is 9.99. The molecule has 0 aliphatic rings. The van der Waals surface area contributed by atoms with E-state index < -0.39 is 0 Å². The number of aromatic nitrogens is 1. The van der Waals surface area contributed by atoms with E-state index in [1.165, 1.54) is 5.56 Å². The minimum absolute atomic E-state index is 0.573. The monoisotopic (exact) mass is 192 g/mol. The molecule has 76 valence electrons. The highest BCUT2D eigenvalue weighted by Gasteiger charge is 2.01. The molecule has 1 heterocycles. The Morgan fingerprint density at radius 1 is 1.50 bits per heavy atom. The lowest BCUT2D eigenvalue weighted by molar-refractivity contribution is 0.492. The molecule has 0 fully saturated rings. The van der Waals surface area contributed by atoms with Crippen molar-refractivity contribution < 1.29 is 0 Å². The highest BCUT2D eigenvalue weighted by atomic mass is 15.2. The average molecular weight is 192 g/mol. The lowest BCUT2D eigenvalue weighted by Crippen LogP contribution is -2.33. The second-order valence-electron chi connectivity index (χ2n) is 3.04. The van der Waals surface area contributed by atoms with Gasteiger partial charge in [-0.1, -0.05) is 0 Å². The second kappa shape index (κ2) is 5.21. The summed E-state index contributed by atoms with van der Waals surface area (Å²) in [6, 6.07) is 3.94. The maximum Gasteiger partial charge on any atom is 0.191 e. The summed E-state index contributed by atoms with van der Waals surface area (Å²) in [5, 5.41) is 0. The molecule has 0 unspecified atom stereocenters. The fourth-order valence-electron chi connectivity index (χ4n) is 1.13. The Balaban J connectivity index is 2.57. The van der Waals surface area contributed by atoms with Crippen LogP contribution in [0.5, 0.6) is 0 Å². The van der Waals surface area contributed by atoms with E-state index in [0.717, 1.165) is 6.54 Å². The number of hydrogen-bond acceptors (Lipinski definition) is 2. The fourth-order valence-corrected chi connectivity index (χ4v) is 1.13. The van der Waals surface area contributed by atoms with Crippen LogP contribution in [0.15, 0.2) is 29.5 Å². The summed E-state index contributed by atoms with van der Waals surface area (Å²) in [5.74, 6) is 0.573. The molecule has 4 heteroatoms. The largest absolute Gasteiger partial charge is 0.370 e. The van der Waals surface area contributed by atoms with Gasteiger partial charge >= 0.3 is 0 Å². The molecule has 0 aliphatic carbocycles. The quantitative estimate of drug-likeness (QED) is 0.570. The van der Waals surface area contributed by atoms with E-state index in [0.29, 0.717) is 12.5 Å². The van der Waals surface area contributed by atoms with Crippen molar-refractivity contribution >= 4 is 5.96 Å². The Kier molecular flexibility index (Phi) is 3.91. The van der Waals surface area contributed by atoms with Gasteiger partial charge in [0.25, 0.3) is 0 Å². The molecule has 0 amide bonds. The van der Waals surface area contributed by atoms with Gasteiger partial charge in [0.15, 0.2) is 5.96 Å². The van der Waals surface area contributed by atoms with E-state index in [-0.39, 0.29) is 0 Å².